The average Bonchev–Trinajstić information content (AvgIpc) is 2.47. The molecule has 1 aliphatic carbocycles. The lowest BCUT2D eigenvalue weighted by molar-refractivity contribution is 0.239. The summed E-state index contributed by atoms with van der Waals surface area (Å²) in [6.07, 6.45) is 7.52. The van der Waals surface area contributed by atoms with Gasteiger partial charge in [0.05, 0.1) is 11.6 Å². The predicted molar refractivity (Wildman–Crippen MR) is 82.7 cm³/mol. The quantitative estimate of drug-likeness (QED) is 0.852. The fourth-order valence-electron chi connectivity index (χ4n) is 2.54. The number of nitrogens with one attached hydrogen (secondary N) is 1. The molecular weight excluding hydrogens is 275 g/mol. The Morgan fingerprint density at radius 1 is 1.35 bits per heavy atom. The number of halogens is 1. The molecule has 1 fully saturated rings. The van der Waals surface area contributed by atoms with Crippen molar-refractivity contribution in [2.24, 2.45) is 0 Å². The van der Waals surface area contributed by atoms with Gasteiger partial charge in [-0.1, -0.05) is 31.4 Å². The first-order valence-corrected chi connectivity index (χ1v) is 8.43. The molecule has 0 saturated heterocycles. The molecule has 1 aromatic carbocycles. The minimum atomic E-state index is -0.361. The fraction of sp³-hybridized carbons (Fsp3) is 0.533. The Labute approximate surface area is 123 Å². The van der Waals surface area contributed by atoms with Crippen LogP contribution in [0, 0.1) is 5.82 Å². The number of benzene rings is 1. The van der Waals surface area contributed by atoms with Crippen molar-refractivity contribution in [2.45, 2.75) is 38.1 Å². The number of amides is 2. The van der Waals surface area contributed by atoms with Crippen LogP contribution in [0.5, 0.6) is 0 Å². The lowest BCUT2D eigenvalue weighted by atomic mass is 9.96. The van der Waals surface area contributed by atoms with E-state index in [9.17, 15) is 9.18 Å². The van der Waals surface area contributed by atoms with Crippen LogP contribution in [-0.4, -0.2) is 24.2 Å². The van der Waals surface area contributed by atoms with Gasteiger partial charge >= 0.3 is 6.03 Å². The lowest BCUT2D eigenvalue weighted by Gasteiger charge is -2.28. The fourth-order valence-corrected chi connectivity index (χ4v) is 3.05. The Morgan fingerprint density at radius 2 is 2.05 bits per heavy atom. The highest BCUT2D eigenvalue weighted by atomic mass is 32.2. The van der Waals surface area contributed by atoms with Crippen molar-refractivity contribution < 1.29 is 9.18 Å². The number of carbonyl (C=O) groups is 1. The number of thioether (sulfide) groups is 1. The average molecular weight is 296 g/mol. The molecule has 3 nitrogen and oxygen atoms in total. The van der Waals surface area contributed by atoms with Crippen molar-refractivity contribution in [1.29, 1.82) is 0 Å². The highest BCUT2D eigenvalue weighted by Crippen LogP contribution is 2.22. The molecule has 1 saturated carbocycles. The molecule has 2 amide bonds. The van der Waals surface area contributed by atoms with Crippen LogP contribution in [0.1, 0.15) is 32.1 Å². The second-order valence-electron chi connectivity index (χ2n) is 5.08. The van der Waals surface area contributed by atoms with Gasteiger partial charge < -0.3 is 5.32 Å². The van der Waals surface area contributed by atoms with Crippen molar-refractivity contribution in [2.75, 3.05) is 17.0 Å². The van der Waals surface area contributed by atoms with Crippen LogP contribution < -0.4 is 10.2 Å². The molecule has 0 aliphatic heterocycles. The number of para-hydroxylation sites is 1. The summed E-state index contributed by atoms with van der Waals surface area (Å²) in [4.78, 5) is 13.9. The van der Waals surface area contributed by atoms with Gasteiger partial charge in [-0.2, -0.15) is 0 Å². The van der Waals surface area contributed by atoms with E-state index in [0.29, 0.717) is 11.6 Å². The summed E-state index contributed by atoms with van der Waals surface area (Å²) >= 11 is 1.50. The normalized spacial score (nSPS) is 15.9. The number of hydrogen-bond acceptors (Lipinski definition) is 2. The Hall–Kier alpha value is -1.23. The highest BCUT2D eigenvalue weighted by molar-refractivity contribution is 7.98. The second-order valence-corrected chi connectivity index (χ2v) is 5.92. The van der Waals surface area contributed by atoms with Crippen LogP contribution in [0.15, 0.2) is 24.3 Å². The zero-order chi connectivity index (χ0) is 14.4. The summed E-state index contributed by atoms with van der Waals surface area (Å²) < 4.78 is 13.9. The summed E-state index contributed by atoms with van der Waals surface area (Å²) in [5.74, 6) is 0.0831. The third kappa shape index (κ3) is 3.88. The van der Waals surface area contributed by atoms with Crippen LogP contribution in [-0.2, 0) is 0 Å². The van der Waals surface area contributed by atoms with Crippen LogP contribution >= 0.6 is 11.8 Å². The van der Waals surface area contributed by atoms with Crippen molar-refractivity contribution in [1.82, 2.24) is 5.32 Å². The molecular formula is C15H21FN2OS. The highest BCUT2D eigenvalue weighted by Gasteiger charge is 2.22. The maximum Gasteiger partial charge on any atom is 0.322 e. The molecule has 0 spiro atoms. The SMILES string of the molecule is CSCN(C(=O)NC1CCCCC1)c1ccccc1F. The molecule has 1 aliphatic rings. The van der Waals surface area contributed by atoms with Gasteiger partial charge in [0.15, 0.2) is 0 Å². The second kappa shape index (κ2) is 7.53. The van der Waals surface area contributed by atoms with Gasteiger partial charge in [-0.25, -0.2) is 9.18 Å². The topological polar surface area (TPSA) is 32.3 Å². The van der Waals surface area contributed by atoms with Gasteiger partial charge in [-0.3, -0.25) is 4.90 Å². The van der Waals surface area contributed by atoms with E-state index in [0.717, 1.165) is 25.7 Å². The van der Waals surface area contributed by atoms with Crippen LogP contribution in [0.25, 0.3) is 0 Å². The molecule has 0 radical (unpaired) electrons. The third-order valence-electron chi connectivity index (χ3n) is 3.58. The standard InChI is InChI=1S/C15H21FN2OS/c1-20-11-18(14-10-6-5-9-13(14)16)15(19)17-12-7-3-2-4-8-12/h5-6,9-10,12H,2-4,7-8,11H2,1H3,(H,17,19). The van der Waals surface area contributed by atoms with E-state index in [2.05, 4.69) is 5.32 Å². The van der Waals surface area contributed by atoms with Crippen molar-refractivity contribution in [3.8, 4) is 0 Å². The summed E-state index contributed by atoms with van der Waals surface area (Å²) in [6, 6.07) is 6.45. The first-order chi connectivity index (χ1) is 9.72. The van der Waals surface area contributed by atoms with Gasteiger partial charge in [-0.15, -0.1) is 11.8 Å². The van der Waals surface area contributed by atoms with Gasteiger partial charge in [0.25, 0.3) is 0 Å². The van der Waals surface area contributed by atoms with E-state index in [1.54, 1.807) is 18.2 Å². The summed E-state index contributed by atoms with van der Waals surface area (Å²) in [5.41, 5.74) is 0.343. The van der Waals surface area contributed by atoms with Gasteiger partial charge in [-0.05, 0) is 31.2 Å². The number of nitrogens with zero attached hydrogens (tertiary/aromatic N) is 1. The molecule has 2 rings (SSSR count). The van der Waals surface area contributed by atoms with Crippen molar-refractivity contribution in [3.05, 3.63) is 30.1 Å². The van der Waals surface area contributed by atoms with E-state index >= 15 is 0 Å². The molecule has 0 heterocycles. The lowest BCUT2D eigenvalue weighted by Crippen LogP contribution is -2.45. The molecule has 1 aromatic rings. The molecule has 1 N–H and O–H groups in total. The number of rotatable bonds is 4. The van der Waals surface area contributed by atoms with Crippen molar-refractivity contribution in [3.63, 3.8) is 0 Å². The molecule has 20 heavy (non-hydrogen) atoms. The Bertz CT molecular complexity index is 449. The summed E-state index contributed by atoms with van der Waals surface area (Å²) in [5, 5.41) is 3.04. The van der Waals surface area contributed by atoms with Gasteiger partial charge in [0, 0.05) is 6.04 Å². The summed E-state index contributed by atoms with van der Waals surface area (Å²) in [6.45, 7) is 0. The van der Waals surface area contributed by atoms with E-state index in [1.807, 2.05) is 6.26 Å². The van der Waals surface area contributed by atoms with E-state index in [-0.39, 0.29) is 17.9 Å². The largest absolute Gasteiger partial charge is 0.335 e. The smallest absolute Gasteiger partial charge is 0.322 e. The number of anilines is 1. The van der Waals surface area contributed by atoms with Crippen LogP contribution in [0.2, 0.25) is 0 Å². The van der Waals surface area contributed by atoms with Crippen LogP contribution in [0.3, 0.4) is 0 Å². The first-order valence-electron chi connectivity index (χ1n) is 7.04. The predicted octanol–water partition coefficient (Wildman–Crippen LogP) is 3.99. The first kappa shape index (κ1) is 15.2. The Morgan fingerprint density at radius 3 is 2.70 bits per heavy atom. The Balaban J connectivity index is 2.07. The molecule has 5 heteroatoms. The minimum absolute atomic E-state index is 0.198. The number of carbonyl (C=O) groups excluding carboxylic acids is 1. The van der Waals surface area contributed by atoms with Crippen LogP contribution in [0.4, 0.5) is 14.9 Å². The maximum absolute atomic E-state index is 13.9. The minimum Gasteiger partial charge on any atom is -0.335 e. The number of hydrogen-bond donors (Lipinski definition) is 1. The van der Waals surface area contributed by atoms with Gasteiger partial charge in [0.2, 0.25) is 0 Å². The van der Waals surface area contributed by atoms with E-state index in [4.69, 9.17) is 0 Å². The zero-order valence-electron chi connectivity index (χ0n) is 11.8. The molecule has 0 aromatic heterocycles. The zero-order valence-corrected chi connectivity index (χ0v) is 12.6. The third-order valence-corrected chi connectivity index (χ3v) is 4.10. The maximum atomic E-state index is 13.9. The van der Waals surface area contributed by atoms with E-state index in [1.165, 1.54) is 29.1 Å². The molecule has 0 unspecified atom stereocenters. The van der Waals surface area contributed by atoms with Gasteiger partial charge in [0.1, 0.15) is 5.82 Å². The molecule has 0 bridgehead atoms. The molecule has 110 valence electrons. The summed E-state index contributed by atoms with van der Waals surface area (Å²) in [7, 11) is 0. The Kier molecular flexibility index (Phi) is 5.71. The monoisotopic (exact) mass is 296 g/mol. The van der Waals surface area contributed by atoms with Crippen molar-refractivity contribution >= 4 is 23.5 Å². The molecule has 0 atom stereocenters. The number of urea groups is 1. The van der Waals surface area contributed by atoms with E-state index < -0.39 is 0 Å².